The predicted molar refractivity (Wildman–Crippen MR) is 376 cm³/mol. The standard InChI is InChI=1S/C77H142NO8P/c1-3-5-7-9-11-13-15-17-19-21-23-25-27-29-31-32-33-34-35-36-37-38-39-40-41-42-44-46-48-50-52-54-56-58-60-62-64-66-68-70-77(80)86-75(74-85-87(81,82)84-72-71-78)73-83-76(79)69-67-65-63-61-59-57-55-53-51-49-47-45-43-30-28-26-24-22-20-18-16-14-12-10-8-6-4-2/h5,7,11,13,17,19,23,25,29,31,33-34,75H,3-4,6,8-10,12,14-16,18,20-22,24,26-28,30,32,35-74,78H2,1-2H3,(H,81,82)/b7-5-,13-11-,19-17-,25-23-,31-29-,34-33-. The Bertz CT molecular complexity index is 1660. The van der Waals surface area contributed by atoms with Gasteiger partial charge in [0.1, 0.15) is 6.61 Å². The molecule has 0 aromatic rings. The molecule has 0 aliphatic rings. The number of allylic oxidation sites excluding steroid dienone is 12. The highest BCUT2D eigenvalue weighted by Crippen LogP contribution is 2.43. The molecule has 0 aromatic carbocycles. The number of nitrogens with two attached hydrogens (primary N) is 1. The van der Waals surface area contributed by atoms with Crippen LogP contribution >= 0.6 is 7.82 Å². The van der Waals surface area contributed by atoms with Gasteiger partial charge in [0.15, 0.2) is 6.10 Å². The lowest BCUT2D eigenvalue weighted by Gasteiger charge is -2.19. The summed E-state index contributed by atoms with van der Waals surface area (Å²) in [6, 6.07) is 0. The van der Waals surface area contributed by atoms with Crippen LogP contribution in [0.15, 0.2) is 72.9 Å². The van der Waals surface area contributed by atoms with E-state index < -0.39 is 26.5 Å². The average molecular weight is 1240 g/mol. The number of ether oxygens (including phenoxy) is 2. The number of phosphoric acid groups is 1. The van der Waals surface area contributed by atoms with E-state index in [1.165, 1.54) is 270 Å². The summed E-state index contributed by atoms with van der Waals surface area (Å²) in [6.07, 6.45) is 95.9. The van der Waals surface area contributed by atoms with Crippen molar-refractivity contribution in [1.82, 2.24) is 0 Å². The smallest absolute Gasteiger partial charge is 0.462 e. The third-order valence-electron chi connectivity index (χ3n) is 16.6. The van der Waals surface area contributed by atoms with E-state index in [2.05, 4.69) is 86.8 Å². The van der Waals surface area contributed by atoms with Crippen molar-refractivity contribution in [2.24, 2.45) is 5.73 Å². The molecule has 0 aliphatic heterocycles. The van der Waals surface area contributed by atoms with Crippen LogP contribution in [0.5, 0.6) is 0 Å². The Kier molecular flexibility index (Phi) is 70.4. The van der Waals surface area contributed by atoms with Crippen LogP contribution in [0, 0.1) is 0 Å². The SMILES string of the molecule is CC/C=C\C/C=C\C/C=C\C/C=C\C/C=C\C/C=C\CCCCCCCCCCCCCCCCCCCCCCC(=O)OC(COC(=O)CCCCCCCCCCCCCCCCCCCCCCCCCCCCC)COP(=O)(O)OCCN. The van der Waals surface area contributed by atoms with E-state index in [4.69, 9.17) is 24.3 Å². The van der Waals surface area contributed by atoms with Crippen molar-refractivity contribution >= 4 is 19.8 Å². The molecule has 0 saturated heterocycles. The fourth-order valence-electron chi connectivity index (χ4n) is 11.1. The average Bonchev–Trinajstić information content (AvgIpc) is 3.64. The maximum Gasteiger partial charge on any atom is 0.472 e. The van der Waals surface area contributed by atoms with Crippen molar-refractivity contribution in [3.05, 3.63) is 72.9 Å². The summed E-state index contributed by atoms with van der Waals surface area (Å²) < 4.78 is 33.2. The fourth-order valence-corrected chi connectivity index (χ4v) is 11.9. The number of carbonyl (C=O) groups is 2. The lowest BCUT2D eigenvalue weighted by molar-refractivity contribution is -0.161. The van der Waals surface area contributed by atoms with Crippen LogP contribution in [0.3, 0.4) is 0 Å². The molecule has 0 saturated carbocycles. The Morgan fingerprint density at radius 2 is 0.632 bits per heavy atom. The molecule has 87 heavy (non-hydrogen) atoms. The van der Waals surface area contributed by atoms with Crippen molar-refractivity contribution in [2.45, 2.75) is 380 Å². The van der Waals surface area contributed by atoms with E-state index >= 15 is 0 Å². The van der Waals surface area contributed by atoms with E-state index in [0.717, 1.165) is 70.6 Å². The van der Waals surface area contributed by atoms with Gasteiger partial charge < -0.3 is 20.1 Å². The Morgan fingerprint density at radius 3 is 0.943 bits per heavy atom. The van der Waals surface area contributed by atoms with E-state index in [0.29, 0.717) is 6.42 Å². The Balaban J connectivity index is 3.80. The van der Waals surface area contributed by atoms with Gasteiger partial charge in [0.05, 0.1) is 13.2 Å². The summed E-state index contributed by atoms with van der Waals surface area (Å²) >= 11 is 0. The zero-order chi connectivity index (χ0) is 63.0. The van der Waals surface area contributed by atoms with Gasteiger partial charge in [-0.05, 0) is 64.2 Å². The van der Waals surface area contributed by atoms with Gasteiger partial charge in [0, 0.05) is 19.4 Å². The predicted octanol–water partition coefficient (Wildman–Crippen LogP) is 24.8. The number of phosphoric ester groups is 1. The number of unbranched alkanes of at least 4 members (excludes halogenated alkanes) is 46. The van der Waals surface area contributed by atoms with Crippen LogP contribution in [-0.2, 0) is 32.7 Å². The second kappa shape index (κ2) is 72.5. The maximum absolute atomic E-state index is 12.8. The molecular weight excluding hydrogens is 1100 g/mol. The molecule has 0 spiro atoms. The van der Waals surface area contributed by atoms with E-state index in [-0.39, 0.29) is 38.6 Å². The molecule has 508 valence electrons. The van der Waals surface area contributed by atoms with Crippen molar-refractivity contribution in [2.75, 3.05) is 26.4 Å². The lowest BCUT2D eigenvalue weighted by Crippen LogP contribution is -2.29. The van der Waals surface area contributed by atoms with Crippen LogP contribution in [0.2, 0.25) is 0 Å². The van der Waals surface area contributed by atoms with Gasteiger partial charge in [-0.2, -0.15) is 0 Å². The second-order valence-corrected chi connectivity index (χ2v) is 26.6. The zero-order valence-electron chi connectivity index (χ0n) is 57.3. The molecule has 0 heterocycles. The largest absolute Gasteiger partial charge is 0.472 e. The molecule has 2 unspecified atom stereocenters. The van der Waals surface area contributed by atoms with Gasteiger partial charge in [-0.25, -0.2) is 4.57 Å². The highest BCUT2D eigenvalue weighted by molar-refractivity contribution is 7.47. The minimum atomic E-state index is -4.39. The Hall–Kier alpha value is -2.55. The second-order valence-electron chi connectivity index (χ2n) is 25.1. The Labute approximate surface area is 539 Å². The van der Waals surface area contributed by atoms with E-state index in [1.807, 2.05) is 0 Å². The molecule has 0 aliphatic carbocycles. The molecule has 3 N–H and O–H groups in total. The Morgan fingerprint density at radius 1 is 0.356 bits per heavy atom. The topological polar surface area (TPSA) is 134 Å². The summed E-state index contributed by atoms with van der Waals surface area (Å²) in [5.74, 6) is -0.806. The van der Waals surface area contributed by atoms with Gasteiger partial charge in [-0.1, -0.05) is 369 Å². The summed E-state index contributed by atoms with van der Waals surface area (Å²) in [6.45, 7) is 3.70. The van der Waals surface area contributed by atoms with Gasteiger partial charge in [-0.15, -0.1) is 0 Å². The van der Waals surface area contributed by atoms with Crippen LogP contribution in [0.1, 0.15) is 373 Å². The monoisotopic (exact) mass is 1240 g/mol. The maximum atomic E-state index is 12.8. The van der Waals surface area contributed by atoms with Crippen molar-refractivity contribution in [1.29, 1.82) is 0 Å². The summed E-state index contributed by atoms with van der Waals surface area (Å²) in [5.41, 5.74) is 5.41. The zero-order valence-corrected chi connectivity index (χ0v) is 58.2. The minimum absolute atomic E-state index is 0.0550. The van der Waals surface area contributed by atoms with Crippen LogP contribution in [-0.4, -0.2) is 49.3 Å². The molecule has 0 rings (SSSR count). The number of hydrogen-bond acceptors (Lipinski definition) is 8. The number of esters is 2. The molecular formula is C77H142NO8P. The first-order valence-electron chi connectivity index (χ1n) is 37.4. The highest BCUT2D eigenvalue weighted by atomic mass is 31.2. The first-order chi connectivity index (χ1) is 42.8. The van der Waals surface area contributed by atoms with Crippen molar-refractivity contribution in [3.63, 3.8) is 0 Å². The normalized spacial score (nSPS) is 13.3. The molecule has 0 amide bonds. The van der Waals surface area contributed by atoms with E-state index in [1.54, 1.807) is 0 Å². The highest BCUT2D eigenvalue weighted by Gasteiger charge is 2.26. The van der Waals surface area contributed by atoms with Gasteiger partial charge in [0.2, 0.25) is 0 Å². The molecule has 10 heteroatoms. The number of carbonyl (C=O) groups excluding carboxylic acids is 2. The number of hydrogen-bond donors (Lipinski definition) is 2. The quantitative estimate of drug-likeness (QED) is 0.0264. The molecule has 0 fully saturated rings. The first kappa shape index (κ1) is 84.5. The number of rotatable bonds is 71. The van der Waals surface area contributed by atoms with Gasteiger partial charge in [-0.3, -0.25) is 18.6 Å². The summed E-state index contributed by atoms with van der Waals surface area (Å²) in [5, 5.41) is 0. The summed E-state index contributed by atoms with van der Waals surface area (Å²) in [7, 11) is -4.39. The van der Waals surface area contributed by atoms with Crippen molar-refractivity contribution in [3.8, 4) is 0 Å². The summed E-state index contributed by atoms with van der Waals surface area (Å²) in [4.78, 5) is 35.4. The molecule has 2 atom stereocenters. The van der Waals surface area contributed by atoms with Crippen LogP contribution < -0.4 is 5.73 Å². The molecule has 0 radical (unpaired) electrons. The third kappa shape index (κ3) is 72.4. The molecule has 0 bridgehead atoms. The third-order valence-corrected chi connectivity index (χ3v) is 17.6. The van der Waals surface area contributed by atoms with E-state index in [9.17, 15) is 19.0 Å². The van der Waals surface area contributed by atoms with Crippen LogP contribution in [0.25, 0.3) is 0 Å². The van der Waals surface area contributed by atoms with Crippen LogP contribution in [0.4, 0.5) is 0 Å². The first-order valence-corrected chi connectivity index (χ1v) is 38.9. The van der Waals surface area contributed by atoms with Crippen molar-refractivity contribution < 1.29 is 37.6 Å². The lowest BCUT2D eigenvalue weighted by atomic mass is 10.0. The fraction of sp³-hybridized carbons (Fsp3) is 0.818. The van der Waals surface area contributed by atoms with Gasteiger partial charge in [0.25, 0.3) is 0 Å². The minimum Gasteiger partial charge on any atom is -0.462 e. The molecule has 0 aromatic heterocycles. The van der Waals surface area contributed by atoms with Gasteiger partial charge >= 0.3 is 19.8 Å². The molecule has 9 nitrogen and oxygen atoms in total.